The minimum atomic E-state index is -0.153. The molecule has 0 radical (unpaired) electrons. The van der Waals surface area contributed by atoms with Crippen molar-refractivity contribution in [3.8, 4) is 5.75 Å². The van der Waals surface area contributed by atoms with Crippen molar-refractivity contribution in [2.45, 2.75) is 38.1 Å². The first kappa shape index (κ1) is 20.3. The molecule has 6 nitrogen and oxygen atoms in total. The number of methoxy groups -OCH3 is 1. The van der Waals surface area contributed by atoms with Crippen LogP contribution in [0.5, 0.6) is 5.75 Å². The standard InChI is InChI=1S/C24H29N3O3/c1-30-22-12-5-4-10-21(22)26-24(29)27-15-13-18(14-16-27)23(28)25-20-11-6-8-17-7-2-3-9-19(17)20/h2-5,7,9-10,12,18,20H,6,8,11,13-16H2,1H3,(H,25,28)(H,26,29). The summed E-state index contributed by atoms with van der Waals surface area (Å²) in [7, 11) is 1.58. The number of urea groups is 1. The number of likely N-dealkylation sites (tertiary alicyclic amines) is 1. The van der Waals surface area contributed by atoms with Crippen LogP contribution in [0.3, 0.4) is 0 Å². The summed E-state index contributed by atoms with van der Waals surface area (Å²) in [6.07, 6.45) is 4.54. The highest BCUT2D eigenvalue weighted by molar-refractivity contribution is 5.91. The van der Waals surface area contributed by atoms with Crippen molar-refractivity contribution in [1.82, 2.24) is 10.2 Å². The second-order valence-electron chi connectivity index (χ2n) is 8.04. The molecular formula is C24H29N3O3. The summed E-state index contributed by atoms with van der Waals surface area (Å²) in [6, 6.07) is 15.7. The first-order valence-corrected chi connectivity index (χ1v) is 10.7. The van der Waals surface area contributed by atoms with Crippen molar-refractivity contribution in [1.29, 1.82) is 0 Å². The van der Waals surface area contributed by atoms with Gasteiger partial charge in [-0.25, -0.2) is 4.79 Å². The van der Waals surface area contributed by atoms with E-state index in [-0.39, 0.29) is 23.9 Å². The number of hydrogen-bond donors (Lipinski definition) is 2. The van der Waals surface area contributed by atoms with E-state index in [1.807, 2.05) is 30.3 Å². The number of anilines is 1. The molecule has 0 spiro atoms. The topological polar surface area (TPSA) is 70.7 Å². The smallest absolute Gasteiger partial charge is 0.321 e. The van der Waals surface area contributed by atoms with E-state index in [0.717, 1.165) is 19.3 Å². The van der Waals surface area contributed by atoms with Crippen LogP contribution < -0.4 is 15.4 Å². The molecule has 4 rings (SSSR count). The Hall–Kier alpha value is -3.02. The fourth-order valence-electron chi connectivity index (χ4n) is 4.48. The van der Waals surface area contributed by atoms with Crippen LogP contribution in [0.4, 0.5) is 10.5 Å². The number of piperidine rings is 1. The molecule has 1 aliphatic heterocycles. The lowest BCUT2D eigenvalue weighted by atomic mass is 9.87. The lowest BCUT2D eigenvalue weighted by molar-refractivity contribution is -0.127. The quantitative estimate of drug-likeness (QED) is 0.800. The molecule has 6 heteroatoms. The van der Waals surface area contributed by atoms with E-state index in [1.54, 1.807) is 12.0 Å². The third-order valence-corrected chi connectivity index (χ3v) is 6.19. The minimum Gasteiger partial charge on any atom is -0.495 e. The van der Waals surface area contributed by atoms with Gasteiger partial charge in [0.25, 0.3) is 0 Å². The van der Waals surface area contributed by atoms with Gasteiger partial charge < -0.3 is 20.3 Å². The summed E-state index contributed by atoms with van der Waals surface area (Å²) in [5, 5.41) is 6.18. The molecule has 2 aliphatic rings. The lowest BCUT2D eigenvalue weighted by Crippen LogP contribution is -2.45. The molecule has 1 atom stereocenters. The normalized spacial score (nSPS) is 19.0. The van der Waals surface area contributed by atoms with Crippen LogP contribution in [0.1, 0.15) is 42.9 Å². The highest BCUT2D eigenvalue weighted by Crippen LogP contribution is 2.30. The summed E-state index contributed by atoms with van der Waals surface area (Å²) in [4.78, 5) is 27.3. The molecule has 0 saturated carbocycles. The molecule has 2 aromatic carbocycles. The summed E-state index contributed by atoms with van der Waals surface area (Å²) in [5.41, 5.74) is 3.25. The number of para-hydroxylation sites is 2. The second-order valence-corrected chi connectivity index (χ2v) is 8.04. The SMILES string of the molecule is COc1ccccc1NC(=O)N1CCC(C(=O)NC2CCCc3ccccc32)CC1. The van der Waals surface area contributed by atoms with E-state index >= 15 is 0 Å². The number of benzene rings is 2. The van der Waals surface area contributed by atoms with E-state index in [2.05, 4.69) is 28.8 Å². The summed E-state index contributed by atoms with van der Waals surface area (Å²) in [5.74, 6) is 0.698. The van der Waals surface area contributed by atoms with Gasteiger partial charge in [0.05, 0.1) is 18.8 Å². The maximum atomic E-state index is 12.9. The molecule has 158 valence electrons. The second kappa shape index (κ2) is 9.20. The van der Waals surface area contributed by atoms with Crippen LogP contribution in [0.15, 0.2) is 48.5 Å². The largest absolute Gasteiger partial charge is 0.495 e. The lowest BCUT2D eigenvalue weighted by Gasteiger charge is -2.33. The number of ether oxygens (including phenoxy) is 1. The molecule has 1 aliphatic carbocycles. The first-order chi connectivity index (χ1) is 14.7. The van der Waals surface area contributed by atoms with Crippen molar-refractivity contribution >= 4 is 17.6 Å². The van der Waals surface area contributed by atoms with Crippen LogP contribution in [0.25, 0.3) is 0 Å². The van der Waals surface area contributed by atoms with Gasteiger partial charge in [0.15, 0.2) is 0 Å². The Balaban J connectivity index is 1.30. The predicted molar refractivity (Wildman–Crippen MR) is 117 cm³/mol. The first-order valence-electron chi connectivity index (χ1n) is 10.7. The fraction of sp³-hybridized carbons (Fsp3) is 0.417. The van der Waals surface area contributed by atoms with Gasteiger partial charge >= 0.3 is 6.03 Å². The maximum Gasteiger partial charge on any atom is 0.321 e. The van der Waals surface area contributed by atoms with Gasteiger partial charge in [-0.3, -0.25) is 4.79 Å². The minimum absolute atomic E-state index is 0.0469. The number of amides is 3. The van der Waals surface area contributed by atoms with Crippen molar-refractivity contribution < 1.29 is 14.3 Å². The Morgan fingerprint density at radius 3 is 2.53 bits per heavy atom. The zero-order valence-electron chi connectivity index (χ0n) is 17.4. The summed E-state index contributed by atoms with van der Waals surface area (Å²) >= 11 is 0. The van der Waals surface area contributed by atoms with Gasteiger partial charge in [0, 0.05) is 19.0 Å². The molecule has 1 heterocycles. The van der Waals surface area contributed by atoms with Gasteiger partial charge in [0.1, 0.15) is 5.75 Å². The molecule has 0 bridgehead atoms. The number of aryl methyl sites for hydroxylation is 1. The number of carbonyl (C=O) groups excluding carboxylic acids is 2. The van der Waals surface area contributed by atoms with Crippen LogP contribution in [0.2, 0.25) is 0 Å². The third-order valence-electron chi connectivity index (χ3n) is 6.19. The molecule has 1 fully saturated rings. The van der Waals surface area contributed by atoms with Gasteiger partial charge in [-0.15, -0.1) is 0 Å². The van der Waals surface area contributed by atoms with Crippen LogP contribution in [0, 0.1) is 5.92 Å². The van der Waals surface area contributed by atoms with Crippen molar-refractivity contribution in [3.05, 3.63) is 59.7 Å². The Morgan fingerprint density at radius 2 is 1.73 bits per heavy atom. The summed E-state index contributed by atoms with van der Waals surface area (Å²) < 4.78 is 5.29. The number of rotatable bonds is 4. The number of fused-ring (bicyclic) bond motifs is 1. The Labute approximate surface area is 177 Å². The molecule has 2 aromatic rings. The van der Waals surface area contributed by atoms with E-state index in [4.69, 9.17) is 4.74 Å². The monoisotopic (exact) mass is 407 g/mol. The van der Waals surface area contributed by atoms with Crippen molar-refractivity contribution in [2.24, 2.45) is 5.92 Å². The molecule has 1 saturated heterocycles. The zero-order valence-corrected chi connectivity index (χ0v) is 17.4. The van der Waals surface area contributed by atoms with Gasteiger partial charge in [0.2, 0.25) is 5.91 Å². The molecular weight excluding hydrogens is 378 g/mol. The number of nitrogens with one attached hydrogen (secondary N) is 2. The molecule has 0 aromatic heterocycles. The van der Waals surface area contributed by atoms with Crippen molar-refractivity contribution in [3.63, 3.8) is 0 Å². The van der Waals surface area contributed by atoms with E-state index in [1.165, 1.54) is 11.1 Å². The fourth-order valence-corrected chi connectivity index (χ4v) is 4.48. The third kappa shape index (κ3) is 4.42. The highest BCUT2D eigenvalue weighted by Gasteiger charge is 2.30. The number of carbonyl (C=O) groups is 2. The van der Waals surface area contributed by atoms with Gasteiger partial charge in [-0.2, -0.15) is 0 Å². The molecule has 30 heavy (non-hydrogen) atoms. The Bertz CT molecular complexity index is 906. The average Bonchev–Trinajstić information content (AvgIpc) is 2.79. The van der Waals surface area contributed by atoms with E-state index in [0.29, 0.717) is 37.4 Å². The number of nitrogens with zero attached hydrogens (tertiary/aromatic N) is 1. The number of hydrogen-bond acceptors (Lipinski definition) is 3. The van der Waals surface area contributed by atoms with Crippen LogP contribution >= 0.6 is 0 Å². The van der Waals surface area contributed by atoms with Crippen molar-refractivity contribution in [2.75, 3.05) is 25.5 Å². The van der Waals surface area contributed by atoms with Gasteiger partial charge in [-0.1, -0.05) is 36.4 Å². The van der Waals surface area contributed by atoms with E-state index < -0.39 is 0 Å². The van der Waals surface area contributed by atoms with E-state index in [9.17, 15) is 9.59 Å². The molecule has 3 amide bonds. The van der Waals surface area contributed by atoms with Gasteiger partial charge in [-0.05, 0) is 55.4 Å². The Kier molecular flexibility index (Phi) is 6.21. The molecule has 2 N–H and O–H groups in total. The maximum absolute atomic E-state index is 12.9. The highest BCUT2D eigenvalue weighted by atomic mass is 16.5. The molecule has 1 unspecified atom stereocenters. The average molecular weight is 408 g/mol. The van der Waals surface area contributed by atoms with Crippen LogP contribution in [-0.2, 0) is 11.2 Å². The summed E-state index contributed by atoms with van der Waals surface area (Å²) in [6.45, 7) is 1.14. The predicted octanol–water partition coefficient (Wildman–Crippen LogP) is 4.13. The Morgan fingerprint density at radius 1 is 1.00 bits per heavy atom. The zero-order chi connectivity index (χ0) is 20.9. The van der Waals surface area contributed by atoms with Crippen LogP contribution in [-0.4, -0.2) is 37.0 Å².